The first-order chi connectivity index (χ1) is 13.4. The van der Waals surface area contributed by atoms with Gasteiger partial charge in [-0.25, -0.2) is 4.39 Å². The first-order valence-electron chi connectivity index (χ1n) is 9.22. The normalized spacial score (nSPS) is 10.8. The lowest BCUT2D eigenvalue weighted by atomic mass is 10.1. The van der Waals surface area contributed by atoms with E-state index in [2.05, 4.69) is 5.32 Å². The Balaban J connectivity index is 1.86. The highest BCUT2D eigenvalue weighted by Crippen LogP contribution is 2.24. The number of hydrogen-bond donors (Lipinski definition) is 1. The fourth-order valence-electron chi connectivity index (χ4n) is 3.33. The molecule has 0 unspecified atom stereocenters. The van der Waals surface area contributed by atoms with Gasteiger partial charge in [-0.2, -0.15) is 0 Å². The van der Waals surface area contributed by atoms with E-state index in [1.165, 1.54) is 12.1 Å². The SMILES string of the molecule is COc1cccc(Cn2c(C)c(C)c(C)c2C(=O)NCc2ccc(F)cc2)c1. The van der Waals surface area contributed by atoms with Crippen molar-refractivity contribution in [2.24, 2.45) is 0 Å². The molecule has 0 bridgehead atoms. The summed E-state index contributed by atoms with van der Waals surface area (Å²) in [7, 11) is 1.64. The van der Waals surface area contributed by atoms with E-state index >= 15 is 0 Å². The van der Waals surface area contributed by atoms with Crippen molar-refractivity contribution in [3.63, 3.8) is 0 Å². The van der Waals surface area contributed by atoms with Crippen molar-refractivity contribution in [2.75, 3.05) is 7.11 Å². The third-order valence-corrected chi connectivity index (χ3v) is 5.19. The van der Waals surface area contributed by atoms with Gasteiger partial charge in [-0.15, -0.1) is 0 Å². The molecule has 3 rings (SSSR count). The Morgan fingerprint density at radius 1 is 1.04 bits per heavy atom. The molecule has 0 radical (unpaired) electrons. The molecule has 0 atom stereocenters. The molecule has 28 heavy (non-hydrogen) atoms. The van der Waals surface area contributed by atoms with Gasteiger partial charge in [0.2, 0.25) is 0 Å². The van der Waals surface area contributed by atoms with Crippen molar-refractivity contribution < 1.29 is 13.9 Å². The van der Waals surface area contributed by atoms with Crippen molar-refractivity contribution in [2.45, 2.75) is 33.9 Å². The highest BCUT2D eigenvalue weighted by Gasteiger charge is 2.20. The van der Waals surface area contributed by atoms with Crippen LogP contribution in [0, 0.1) is 26.6 Å². The monoisotopic (exact) mass is 380 g/mol. The van der Waals surface area contributed by atoms with Crippen LogP contribution in [-0.2, 0) is 13.1 Å². The summed E-state index contributed by atoms with van der Waals surface area (Å²) in [5.74, 6) is 0.364. The predicted molar refractivity (Wildman–Crippen MR) is 108 cm³/mol. The van der Waals surface area contributed by atoms with Crippen molar-refractivity contribution in [3.8, 4) is 5.75 Å². The van der Waals surface area contributed by atoms with Crippen LogP contribution in [-0.4, -0.2) is 17.6 Å². The molecule has 4 nitrogen and oxygen atoms in total. The van der Waals surface area contributed by atoms with Crippen LogP contribution in [0.4, 0.5) is 4.39 Å². The van der Waals surface area contributed by atoms with Crippen LogP contribution in [0.25, 0.3) is 0 Å². The minimum absolute atomic E-state index is 0.138. The zero-order valence-corrected chi connectivity index (χ0v) is 16.7. The van der Waals surface area contributed by atoms with Crippen LogP contribution < -0.4 is 10.1 Å². The van der Waals surface area contributed by atoms with Gasteiger partial charge in [-0.1, -0.05) is 24.3 Å². The van der Waals surface area contributed by atoms with E-state index in [9.17, 15) is 9.18 Å². The summed E-state index contributed by atoms with van der Waals surface area (Å²) >= 11 is 0. The maximum absolute atomic E-state index is 13.1. The van der Waals surface area contributed by atoms with Gasteiger partial charge in [0.1, 0.15) is 17.3 Å². The van der Waals surface area contributed by atoms with Gasteiger partial charge >= 0.3 is 0 Å². The fraction of sp³-hybridized carbons (Fsp3) is 0.261. The molecule has 2 aromatic carbocycles. The second-order valence-corrected chi connectivity index (χ2v) is 6.93. The van der Waals surface area contributed by atoms with E-state index < -0.39 is 0 Å². The van der Waals surface area contributed by atoms with E-state index in [4.69, 9.17) is 4.74 Å². The van der Waals surface area contributed by atoms with E-state index in [-0.39, 0.29) is 11.7 Å². The van der Waals surface area contributed by atoms with Crippen molar-refractivity contribution in [1.29, 1.82) is 0 Å². The minimum Gasteiger partial charge on any atom is -0.497 e. The number of benzene rings is 2. The van der Waals surface area contributed by atoms with Crippen molar-refractivity contribution in [3.05, 3.63) is 88.0 Å². The number of nitrogens with zero attached hydrogens (tertiary/aromatic N) is 1. The molecule has 0 fully saturated rings. The van der Waals surface area contributed by atoms with Gasteiger partial charge in [0, 0.05) is 18.8 Å². The van der Waals surface area contributed by atoms with E-state index in [0.717, 1.165) is 33.7 Å². The molecule has 1 heterocycles. The summed E-state index contributed by atoms with van der Waals surface area (Å²) in [6.45, 7) is 6.96. The lowest BCUT2D eigenvalue weighted by molar-refractivity contribution is 0.0941. The Bertz CT molecular complexity index is 991. The first-order valence-corrected chi connectivity index (χ1v) is 9.22. The number of carbonyl (C=O) groups excluding carboxylic acids is 1. The van der Waals surface area contributed by atoms with E-state index in [1.807, 2.05) is 49.6 Å². The molecule has 0 aliphatic rings. The largest absolute Gasteiger partial charge is 0.497 e. The number of methoxy groups -OCH3 is 1. The molecule has 1 aromatic heterocycles. The van der Waals surface area contributed by atoms with E-state index in [0.29, 0.717) is 18.8 Å². The first kappa shape index (κ1) is 19.7. The minimum atomic E-state index is -0.288. The molecule has 1 amide bonds. The summed E-state index contributed by atoms with van der Waals surface area (Å²) in [6, 6.07) is 14.0. The van der Waals surface area contributed by atoms with Crippen molar-refractivity contribution in [1.82, 2.24) is 9.88 Å². The van der Waals surface area contributed by atoms with Gasteiger partial charge in [0.25, 0.3) is 5.91 Å². The predicted octanol–water partition coefficient (Wildman–Crippen LogP) is 4.54. The van der Waals surface area contributed by atoms with Crippen LogP contribution in [0.5, 0.6) is 5.75 Å². The molecule has 146 valence electrons. The molecule has 3 aromatic rings. The maximum Gasteiger partial charge on any atom is 0.268 e. The second kappa shape index (κ2) is 8.30. The Hall–Kier alpha value is -3.08. The number of rotatable bonds is 6. The molecular weight excluding hydrogens is 355 g/mol. The molecule has 0 aliphatic carbocycles. The highest BCUT2D eigenvalue weighted by molar-refractivity contribution is 5.95. The number of aromatic nitrogens is 1. The molecule has 5 heteroatoms. The standard InChI is InChI=1S/C23H25FN2O2/c1-15-16(2)22(23(27)25-13-18-8-10-20(24)11-9-18)26(17(15)3)14-19-6-5-7-21(12-19)28-4/h5-12H,13-14H2,1-4H3,(H,25,27). The van der Waals surface area contributed by atoms with Gasteiger partial charge in [-0.3, -0.25) is 4.79 Å². The van der Waals surface area contributed by atoms with Gasteiger partial charge in [-0.05, 0) is 67.3 Å². The number of halogens is 1. The molecule has 1 N–H and O–H groups in total. The highest BCUT2D eigenvalue weighted by atomic mass is 19.1. The zero-order chi connectivity index (χ0) is 20.3. The summed E-state index contributed by atoms with van der Waals surface area (Å²) in [5, 5.41) is 2.96. The lowest BCUT2D eigenvalue weighted by Crippen LogP contribution is -2.26. The molecule has 0 aliphatic heterocycles. The Kier molecular flexibility index (Phi) is 5.83. The topological polar surface area (TPSA) is 43.3 Å². The maximum atomic E-state index is 13.1. The zero-order valence-electron chi connectivity index (χ0n) is 16.7. The lowest BCUT2D eigenvalue weighted by Gasteiger charge is -2.14. The van der Waals surface area contributed by atoms with Gasteiger partial charge in [0.05, 0.1) is 7.11 Å². The van der Waals surface area contributed by atoms with Crippen molar-refractivity contribution >= 4 is 5.91 Å². The number of carbonyl (C=O) groups is 1. The summed E-state index contributed by atoms with van der Waals surface area (Å²) < 4.78 is 20.4. The Labute approximate surface area is 165 Å². The second-order valence-electron chi connectivity index (χ2n) is 6.93. The van der Waals surface area contributed by atoms with Crippen LogP contribution in [0.15, 0.2) is 48.5 Å². The summed E-state index contributed by atoms with van der Waals surface area (Å²) in [5.41, 5.74) is 5.70. The van der Waals surface area contributed by atoms with Crippen LogP contribution in [0.3, 0.4) is 0 Å². The van der Waals surface area contributed by atoms with Gasteiger partial charge < -0.3 is 14.6 Å². The fourth-order valence-corrected chi connectivity index (χ4v) is 3.33. The van der Waals surface area contributed by atoms with Crippen LogP contribution >= 0.6 is 0 Å². The molecular formula is C23H25FN2O2. The van der Waals surface area contributed by atoms with Gasteiger partial charge in [0.15, 0.2) is 0 Å². The molecule has 0 spiro atoms. The Morgan fingerprint density at radius 3 is 2.43 bits per heavy atom. The average Bonchev–Trinajstić information content (AvgIpc) is 2.91. The number of amides is 1. The third kappa shape index (κ3) is 4.09. The summed E-state index contributed by atoms with van der Waals surface area (Å²) in [6.07, 6.45) is 0. The quantitative estimate of drug-likeness (QED) is 0.682. The number of ether oxygens (including phenoxy) is 1. The molecule has 0 saturated heterocycles. The van der Waals surface area contributed by atoms with Crippen LogP contribution in [0.1, 0.15) is 38.4 Å². The third-order valence-electron chi connectivity index (χ3n) is 5.19. The number of nitrogens with one attached hydrogen (secondary N) is 1. The number of hydrogen-bond acceptors (Lipinski definition) is 2. The molecule has 0 saturated carbocycles. The smallest absolute Gasteiger partial charge is 0.268 e. The summed E-state index contributed by atoms with van der Waals surface area (Å²) in [4.78, 5) is 13.0. The average molecular weight is 380 g/mol. The Morgan fingerprint density at radius 2 is 1.75 bits per heavy atom. The van der Waals surface area contributed by atoms with E-state index in [1.54, 1.807) is 19.2 Å². The van der Waals surface area contributed by atoms with Crippen LogP contribution in [0.2, 0.25) is 0 Å².